The maximum atomic E-state index is 13.1. The van der Waals surface area contributed by atoms with Crippen LogP contribution in [0.5, 0.6) is 11.5 Å². The Bertz CT molecular complexity index is 717. The molecule has 2 atom stereocenters. The molecule has 0 unspecified atom stereocenters. The number of methoxy groups -OCH3 is 2. The molecular weight excluding hydrogens is 354 g/mol. The number of ether oxygens (including phenoxy) is 2. The average molecular weight is 388 g/mol. The highest BCUT2D eigenvalue weighted by atomic mass is 16.5. The van der Waals surface area contributed by atoms with Crippen LogP contribution >= 0.6 is 0 Å². The number of hydrazone groups is 1. The third kappa shape index (κ3) is 4.49. The molecule has 1 saturated carbocycles. The number of hydrogen-bond acceptors (Lipinski definition) is 5. The third-order valence-corrected chi connectivity index (χ3v) is 5.82. The number of unbranched alkanes of at least 4 members (excludes halogenated alkanes) is 1. The molecule has 0 aromatic heterocycles. The van der Waals surface area contributed by atoms with Crippen LogP contribution in [0.1, 0.15) is 44.1 Å². The van der Waals surface area contributed by atoms with Gasteiger partial charge in [-0.2, -0.15) is 5.10 Å². The van der Waals surface area contributed by atoms with Crippen LogP contribution in [0.3, 0.4) is 0 Å². The molecule has 0 saturated heterocycles. The molecule has 1 fully saturated rings. The molecule has 154 valence electrons. The summed E-state index contributed by atoms with van der Waals surface area (Å²) in [6, 6.07) is 5.95. The molecule has 0 bridgehead atoms. The summed E-state index contributed by atoms with van der Waals surface area (Å²) in [6.07, 6.45) is 6.29. The molecule has 1 heterocycles. The molecule has 1 amide bonds. The topological polar surface area (TPSA) is 54.4 Å². The van der Waals surface area contributed by atoms with Crippen molar-refractivity contribution in [1.29, 1.82) is 0 Å². The van der Waals surface area contributed by atoms with Crippen molar-refractivity contribution in [2.75, 3.05) is 41.4 Å². The Kier molecular flexibility index (Phi) is 6.94. The standard InChI is InChI=1S/C22H33N3O3/c1-24(2)13-7-8-14-25-22(26)18-10-6-5-9-17(18)21(23-25)16-11-12-19(27-3)20(15-16)28-4/h11-12,15,17-18H,5-10,13-14H2,1-4H3/t17-,18+/m1/s1. The molecule has 1 aliphatic heterocycles. The Morgan fingerprint density at radius 2 is 1.79 bits per heavy atom. The number of rotatable bonds is 8. The Balaban J connectivity index is 1.87. The third-order valence-electron chi connectivity index (χ3n) is 5.82. The molecule has 3 rings (SSSR count). The number of fused-ring (bicyclic) bond motifs is 1. The quantitative estimate of drug-likeness (QED) is 0.642. The largest absolute Gasteiger partial charge is 0.493 e. The van der Waals surface area contributed by atoms with Crippen molar-refractivity contribution in [1.82, 2.24) is 9.91 Å². The molecule has 28 heavy (non-hydrogen) atoms. The fourth-order valence-electron chi connectivity index (χ4n) is 4.32. The minimum atomic E-state index is 0.0585. The van der Waals surface area contributed by atoms with Crippen molar-refractivity contribution >= 4 is 11.6 Å². The lowest BCUT2D eigenvalue weighted by Crippen LogP contribution is -2.46. The number of benzene rings is 1. The second-order valence-electron chi connectivity index (χ2n) is 8.02. The van der Waals surface area contributed by atoms with E-state index in [-0.39, 0.29) is 17.7 Å². The van der Waals surface area contributed by atoms with Gasteiger partial charge in [-0.05, 0) is 64.5 Å². The molecule has 0 radical (unpaired) electrons. The first-order valence-corrected chi connectivity index (χ1v) is 10.3. The smallest absolute Gasteiger partial charge is 0.246 e. The molecule has 6 nitrogen and oxygen atoms in total. The second kappa shape index (κ2) is 9.41. The van der Waals surface area contributed by atoms with Crippen molar-refractivity contribution in [2.24, 2.45) is 16.9 Å². The van der Waals surface area contributed by atoms with Crippen molar-refractivity contribution in [3.05, 3.63) is 23.8 Å². The van der Waals surface area contributed by atoms with Gasteiger partial charge in [0, 0.05) is 23.9 Å². The normalized spacial score (nSPS) is 22.1. The maximum absolute atomic E-state index is 13.1. The van der Waals surface area contributed by atoms with Crippen LogP contribution in [0.4, 0.5) is 0 Å². The molecule has 1 aromatic carbocycles. The van der Waals surface area contributed by atoms with Crippen LogP contribution in [0.2, 0.25) is 0 Å². The summed E-state index contributed by atoms with van der Waals surface area (Å²) in [7, 11) is 7.44. The first-order chi connectivity index (χ1) is 13.5. The lowest BCUT2D eigenvalue weighted by molar-refractivity contribution is -0.139. The van der Waals surface area contributed by atoms with Crippen LogP contribution in [0.15, 0.2) is 23.3 Å². The van der Waals surface area contributed by atoms with Gasteiger partial charge in [-0.25, -0.2) is 5.01 Å². The van der Waals surface area contributed by atoms with E-state index in [2.05, 4.69) is 19.0 Å². The van der Waals surface area contributed by atoms with Gasteiger partial charge in [-0.1, -0.05) is 12.8 Å². The van der Waals surface area contributed by atoms with E-state index in [1.807, 2.05) is 18.2 Å². The van der Waals surface area contributed by atoms with Crippen LogP contribution in [-0.2, 0) is 4.79 Å². The fraction of sp³-hybridized carbons (Fsp3) is 0.636. The van der Waals surface area contributed by atoms with Crippen LogP contribution in [0.25, 0.3) is 0 Å². The Morgan fingerprint density at radius 1 is 1.07 bits per heavy atom. The van der Waals surface area contributed by atoms with Gasteiger partial charge in [-0.15, -0.1) is 0 Å². The Morgan fingerprint density at radius 3 is 2.46 bits per heavy atom. The van der Waals surface area contributed by atoms with Crippen molar-refractivity contribution in [3.8, 4) is 11.5 Å². The first-order valence-electron chi connectivity index (χ1n) is 10.3. The van der Waals surface area contributed by atoms with E-state index in [0.29, 0.717) is 18.0 Å². The summed E-state index contributed by atoms with van der Waals surface area (Å²) in [5.41, 5.74) is 2.05. The van der Waals surface area contributed by atoms with E-state index in [0.717, 1.165) is 56.3 Å². The Hall–Kier alpha value is -2.08. The van der Waals surface area contributed by atoms with Gasteiger partial charge in [0.25, 0.3) is 0 Å². The second-order valence-corrected chi connectivity index (χ2v) is 8.02. The lowest BCUT2D eigenvalue weighted by Gasteiger charge is -2.38. The average Bonchev–Trinajstić information content (AvgIpc) is 2.72. The molecule has 0 spiro atoms. The predicted molar refractivity (Wildman–Crippen MR) is 111 cm³/mol. The zero-order valence-electron chi connectivity index (χ0n) is 17.6. The molecular formula is C22H33N3O3. The van der Waals surface area contributed by atoms with E-state index < -0.39 is 0 Å². The van der Waals surface area contributed by atoms with Gasteiger partial charge in [-0.3, -0.25) is 4.79 Å². The fourth-order valence-corrected chi connectivity index (χ4v) is 4.32. The summed E-state index contributed by atoms with van der Waals surface area (Å²) < 4.78 is 10.9. The van der Waals surface area contributed by atoms with Gasteiger partial charge in [0.2, 0.25) is 5.91 Å². The maximum Gasteiger partial charge on any atom is 0.246 e. The molecule has 0 N–H and O–H groups in total. The molecule has 6 heteroatoms. The minimum absolute atomic E-state index is 0.0585. The highest BCUT2D eigenvalue weighted by molar-refractivity contribution is 6.07. The van der Waals surface area contributed by atoms with Gasteiger partial charge in [0.05, 0.1) is 19.9 Å². The highest BCUT2D eigenvalue weighted by Crippen LogP contribution is 2.39. The van der Waals surface area contributed by atoms with Gasteiger partial charge >= 0.3 is 0 Å². The van der Waals surface area contributed by atoms with E-state index >= 15 is 0 Å². The molecule has 1 aliphatic carbocycles. The summed E-state index contributed by atoms with van der Waals surface area (Å²) in [5, 5.41) is 6.59. The zero-order chi connectivity index (χ0) is 20.1. The number of nitrogens with zero attached hydrogens (tertiary/aromatic N) is 3. The first kappa shape index (κ1) is 20.6. The highest BCUT2D eigenvalue weighted by Gasteiger charge is 2.41. The van der Waals surface area contributed by atoms with E-state index in [9.17, 15) is 4.79 Å². The van der Waals surface area contributed by atoms with Crippen LogP contribution < -0.4 is 9.47 Å². The number of carbonyl (C=O) groups is 1. The van der Waals surface area contributed by atoms with Crippen molar-refractivity contribution < 1.29 is 14.3 Å². The van der Waals surface area contributed by atoms with Crippen LogP contribution in [-0.4, -0.2) is 62.9 Å². The summed E-state index contributed by atoms with van der Waals surface area (Å²) >= 11 is 0. The summed E-state index contributed by atoms with van der Waals surface area (Å²) in [4.78, 5) is 15.2. The van der Waals surface area contributed by atoms with E-state index in [1.54, 1.807) is 19.2 Å². The summed E-state index contributed by atoms with van der Waals surface area (Å²) in [6.45, 7) is 1.72. The van der Waals surface area contributed by atoms with Gasteiger partial charge in [0.15, 0.2) is 11.5 Å². The monoisotopic (exact) mass is 387 g/mol. The van der Waals surface area contributed by atoms with Crippen LogP contribution in [0, 0.1) is 11.8 Å². The molecule has 2 aliphatic rings. The van der Waals surface area contributed by atoms with Gasteiger partial charge in [0.1, 0.15) is 0 Å². The molecule has 1 aromatic rings. The number of hydrogen-bond donors (Lipinski definition) is 0. The SMILES string of the molecule is COc1ccc(C2=NN(CCCCN(C)C)C(=O)[C@H]3CCCC[C@@H]23)cc1OC. The number of amides is 1. The van der Waals surface area contributed by atoms with E-state index in [4.69, 9.17) is 14.6 Å². The zero-order valence-corrected chi connectivity index (χ0v) is 17.6. The van der Waals surface area contributed by atoms with Crippen molar-refractivity contribution in [3.63, 3.8) is 0 Å². The van der Waals surface area contributed by atoms with Gasteiger partial charge < -0.3 is 14.4 Å². The minimum Gasteiger partial charge on any atom is -0.493 e. The predicted octanol–water partition coefficient (Wildman–Crippen LogP) is 3.40. The van der Waals surface area contributed by atoms with Crippen molar-refractivity contribution in [2.45, 2.75) is 38.5 Å². The number of carbonyl (C=O) groups excluding carboxylic acids is 1. The summed E-state index contributed by atoms with van der Waals surface area (Å²) in [5.74, 6) is 1.88. The Labute approximate surface area is 168 Å². The lowest BCUT2D eigenvalue weighted by atomic mass is 9.73. The van der Waals surface area contributed by atoms with E-state index in [1.165, 1.54) is 0 Å².